The third-order valence-electron chi connectivity index (χ3n) is 6.06. The Morgan fingerprint density at radius 2 is 1.29 bits per heavy atom. The van der Waals surface area contributed by atoms with Crippen LogP contribution in [0.15, 0.2) is 53.6 Å². The fraction of sp³-hybridized carbons (Fsp3) is 0.429. The zero-order valence-corrected chi connectivity index (χ0v) is 26.6. The number of halogens is 1. The van der Waals surface area contributed by atoms with Crippen LogP contribution in [0, 0.1) is 13.9 Å². The van der Waals surface area contributed by atoms with Crippen LogP contribution in [0.25, 0.3) is 22.1 Å². The van der Waals surface area contributed by atoms with Crippen LogP contribution in [0.5, 0.6) is 0 Å². The second-order valence-corrected chi connectivity index (χ2v) is 11.4. The Bertz CT molecular complexity index is 1590. The minimum absolute atomic E-state index is 0.477. The molecule has 4 aromatic rings. The molecule has 0 spiro atoms. The van der Waals surface area contributed by atoms with Crippen LogP contribution in [0.3, 0.4) is 0 Å². The van der Waals surface area contributed by atoms with Crippen LogP contribution < -0.4 is 0 Å². The number of ether oxygens (including phenoxy) is 4. The van der Waals surface area contributed by atoms with Crippen molar-refractivity contribution in [2.24, 2.45) is 0 Å². The predicted octanol–water partition coefficient (Wildman–Crippen LogP) is 6.61. The molecule has 0 aliphatic carbocycles. The van der Waals surface area contributed by atoms with Crippen molar-refractivity contribution in [2.75, 3.05) is 64.5 Å². The molecule has 0 saturated carbocycles. The fourth-order valence-electron chi connectivity index (χ4n) is 4.14. The molecule has 0 bridgehead atoms. The first-order chi connectivity index (χ1) is 20.1. The van der Waals surface area contributed by atoms with Gasteiger partial charge in [0.25, 0.3) is 0 Å². The number of alkyl halides is 1. The van der Waals surface area contributed by atoms with E-state index in [1.54, 1.807) is 11.8 Å². The first-order valence-corrected chi connectivity index (χ1v) is 16.1. The summed E-state index contributed by atoms with van der Waals surface area (Å²) in [6, 6.07) is 16.0. The molecule has 0 unspecified atom stereocenters. The van der Waals surface area contributed by atoms with Crippen molar-refractivity contribution >= 4 is 82.1 Å². The number of nitrogens with one attached hydrogen (secondary N) is 1. The van der Waals surface area contributed by atoms with Crippen LogP contribution >= 0.6 is 60.0 Å². The van der Waals surface area contributed by atoms with E-state index in [4.69, 9.17) is 72.2 Å². The molecule has 8 nitrogen and oxygen atoms in total. The molecule has 2 aromatic heterocycles. The number of hydrogen-bond donors (Lipinski definition) is 1. The van der Waals surface area contributed by atoms with Crippen molar-refractivity contribution in [3.05, 3.63) is 62.5 Å². The number of para-hydroxylation sites is 4. The number of aromatic amines is 1. The van der Waals surface area contributed by atoms with Crippen molar-refractivity contribution < 1.29 is 18.9 Å². The maximum atomic E-state index is 5.89. The van der Waals surface area contributed by atoms with Gasteiger partial charge < -0.3 is 33.1 Å². The van der Waals surface area contributed by atoms with Crippen molar-refractivity contribution in [2.45, 2.75) is 18.1 Å². The summed E-state index contributed by atoms with van der Waals surface area (Å²) in [5, 5.41) is 0.816. The molecule has 13 heteroatoms. The molecule has 0 saturated heterocycles. The number of H-pyrrole nitrogens is 1. The molecule has 0 amide bonds. The van der Waals surface area contributed by atoms with E-state index >= 15 is 0 Å². The highest BCUT2D eigenvalue weighted by Crippen LogP contribution is 2.22. The van der Waals surface area contributed by atoms with E-state index in [9.17, 15) is 0 Å². The SMILES string of the molecule is S=c1[nH]c2ccccc2n(CCOCCOCCn2c(=S)c(SCCOCCOCCCl)nc3ccccc32)c1=S. The highest BCUT2D eigenvalue weighted by Gasteiger charge is 2.09. The minimum Gasteiger partial charge on any atom is -0.378 e. The third-order valence-corrected chi connectivity index (χ3v) is 8.53. The zero-order chi connectivity index (χ0) is 28.9. The van der Waals surface area contributed by atoms with Crippen molar-refractivity contribution in [3.63, 3.8) is 0 Å². The van der Waals surface area contributed by atoms with Gasteiger partial charge in [-0.25, -0.2) is 4.98 Å². The lowest BCUT2D eigenvalue weighted by molar-refractivity contribution is 0.0423. The molecular weight excluding hydrogens is 620 g/mol. The Labute approximate surface area is 263 Å². The van der Waals surface area contributed by atoms with E-state index < -0.39 is 0 Å². The number of aromatic nitrogens is 4. The number of thioether (sulfide) groups is 1. The van der Waals surface area contributed by atoms with Gasteiger partial charge in [-0.15, -0.1) is 23.4 Å². The maximum Gasteiger partial charge on any atom is 0.141 e. The summed E-state index contributed by atoms with van der Waals surface area (Å²) >= 11 is 23.9. The molecule has 2 aromatic carbocycles. The van der Waals surface area contributed by atoms with Gasteiger partial charge in [0.2, 0.25) is 0 Å². The molecule has 41 heavy (non-hydrogen) atoms. The number of fused-ring (bicyclic) bond motifs is 2. The summed E-state index contributed by atoms with van der Waals surface area (Å²) in [4.78, 5) is 7.97. The lowest BCUT2D eigenvalue weighted by Gasteiger charge is -2.14. The standard InChI is InChI=1S/C28H33ClN4O4S4/c29-9-12-34-15-18-37-19-20-41-26-28(40)33(24-8-4-2-6-22(24)31-26)11-14-36-17-16-35-13-10-32-23-7-3-1-5-21(23)30-25(38)27(32)39/h1-8H,9-20H2,(H,30,38). The van der Waals surface area contributed by atoms with E-state index in [1.165, 1.54) is 0 Å². The van der Waals surface area contributed by atoms with E-state index in [2.05, 4.69) is 9.55 Å². The number of rotatable bonds is 18. The summed E-state index contributed by atoms with van der Waals surface area (Å²) < 4.78 is 28.7. The van der Waals surface area contributed by atoms with Crippen molar-refractivity contribution in [3.8, 4) is 0 Å². The smallest absolute Gasteiger partial charge is 0.141 e. The quantitative estimate of drug-likeness (QED) is 0.0553. The van der Waals surface area contributed by atoms with E-state index in [0.29, 0.717) is 85.7 Å². The number of benzene rings is 2. The Morgan fingerprint density at radius 3 is 2.00 bits per heavy atom. The van der Waals surface area contributed by atoms with Gasteiger partial charge in [0.1, 0.15) is 18.9 Å². The van der Waals surface area contributed by atoms with Crippen LogP contribution in [0.2, 0.25) is 0 Å². The van der Waals surface area contributed by atoms with Gasteiger partial charge in [-0.2, -0.15) is 0 Å². The summed E-state index contributed by atoms with van der Waals surface area (Å²) in [7, 11) is 0. The van der Waals surface area contributed by atoms with Crippen LogP contribution in [-0.4, -0.2) is 83.6 Å². The summed E-state index contributed by atoms with van der Waals surface area (Å²) in [5.74, 6) is 1.23. The Hall–Kier alpha value is -1.74. The second kappa shape index (κ2) is 17.4. The van der Waals surface area contributed by atoms with Gasteiger partial charge in [-0.1, -0.05) is 60.9 Å². The van der Waals surface area contributed by atoms with Gasteiger partial charge in [0.15, 0.2) is 0 Å². The summed E-state index contributed by atoms with van der Waals surface area (Å²) in [6.07, 6.45) is 0. The minimum atomic E-state index is 0.477. The highest BCUT2D eigenvalue weighted by atomic mass is 35.5. The van der Waals surface area contributed by atoms with Gasteiger partial charge in [0.05, 0.1) is 74.9 Å². The molecule has 0 aliphatic rings. The van der Waals surface area contributed by atoms with Gasteiger partial charge in [0, 0.05) is 24.7 Å². The first-order valence-electron chi connectivity index (χ1n) is 13.3. The van der Waals surface area contributed by atoms with E-state index in [0.717, 1.165) is 32.8 Å². The topological polar surface area (TPSA) is 75.5 Å². The molecule has 1 N–H and O–H groups in total. The average Bonchev–Trinajstić information content (AvgIpc) is 2.98. The second-order valence-electron chi connectivity index (χ2n) is 8.78. The lowest BCUT2D eigenvalue weighted by Crippen LogP contribution is -2.14. The van der Waals surface area contributed by atoms with Crippen molar-refractivity contribution in [1.29, 1.82) is 0 Å². The average molecular weight is 653 g/mol. The summed E-state index contributed by atoms with van der Waals surface area (Å²) in [6.45, 7) is 5.39. The monoisotopic (exact) mass is 652 g/mol. The fourth-order valence-corrected chi connectivity index (χ4v) is 5.91. The Kier molecular flexibility index (Phi) is 13.7. The third kappa shape index (κ3) is 9.37. The van der Waals surface area contributed by atoms with Gasteiger partial charge in [-0.3, -0.25) is 0 Å². The zero-order valence-electron chi connectivity index (χ0n) is 22.6. The molecule has 0 atom stereocenters. The number of hydrogen-bond acceptors (Lipinski definition) is 9. The Morgan fingerprint density at radius 1 is 0.707 bits per heavy atom. The largest absolute Gasteiger partial charge is 0.378 e. The Balaban J connectivity index is 1.23. The first kappa shape index (κ1) is 32.2. The lowest BCUT2D eigenvalue weighted by atomic mass is 10.3. The van der Waals surface area contributed by atoms with Crippen LogP contribution in [0.4, 0.5) is 0 Å². The summed E-state index contributed by atoms with van der Waals surface area (Å²) in [5.41, 5.74) is 3.84. The van der Waals surface area contributed by atoms with E-state index in [-0.39, 0.29) is 0 Å². The highest BCUT2D eigenvalue weighted by molar-refractivity contribution is 7.99. The number of nitrogens with zero attached hydrogens (tertiary/aromatic N) is 3. The van der Waals surface area contributed by atoms with Crippen molar-refractivity contribution in [1.82, 2.24) is 19.1 Å². The molecule has 2 heterocycles. The molecule has 4 rings (SSSR count). The van der Waals surface area contributed by atoms with Gasteiger partial charge in [-0.05, 0) is 24.3 Å². The molecule has 220 valence electrons. The van der Waals surface area contributed by atoms with Crippen LogP contribution in [-0.2, 0) is 32.0 Å². The van der Waals surface area contributed by atoms with Gasteiger partial charge >= 0.3 is 0 Å². The normalized spacial score (nSPS) is 11.5. The molecule has 0 fully saturated rings. The molecular formula is C28H33ClN4O4S4. The predicted molar refractivity (Wildman–Crippen MR) is 173 cm³/mol. The van der Waals surface area contributed by atoms with Crippen LogP contribution in [0.1, 0.15) is 0 Å². The molecule has 0 radical (unpaired) electrons. The molecule has 0 aliphatic heterocycles. The van der Waals surface area contributed by atoms with E-state index in [1.807, 2.05) is 53.1 Å². The maximum absolute atomic E-state index is 5.89.